The van der Waals surface area contributed by atoms with Crippen LogP contribution in [-0.2, 0) is 6.42 Å². The highest BCUT2D eigenvalue weighted by Crippen LogP contribution is 2.13. The molecular formula is C17H16N2O. The van der Waals surface area contributed by atoms with E-state index in [0.29, 0.717) is 12.6 Å². The highest BCUT2D eigenvalue weighted by atomic mass is 16.5. The van der Waals surface area contributed by atoms with Crippen molar-refractivity contribution in [2.24, 2.45) is 0 Å². The average molecular weight is 264 g/mol. The van der Waals surface area contributed by atoms with E-state index in [2.05, 4.69) is 41.2 Å². The minimum atomic E-state index is 0.441. The zero-order valence-electron chi connectivity index (χ0n) is 11.4. The number of fused-ring (bicyclic) bond motifs is 1. The predicted octanol–water partition coefficient (Wildman–Crippen LogP) is 3.56. The fraction of sp³-hybridized carbons (Fsp3) is 0.176. The van der Waals surface area contributed by atoms with Crippen molar-refractivity contribution in [1.82, 2.24) is 9.97 Å². The van der Waals surface area contributed by atoms with Crippen LogP contribution in [0.5, 0.6) is 6.01 Å². The van der Waals surface area contributed by atoms with Gasteiger partial charge in [0.1, 0.15) is 0 Å². The maximum atomic E-state index is 5.64. The lowest BCUT2D eigenvalue weighted by Crippen LogP contribution is -2.04. The molecule has 0 N–H and O–H groups in total. The highest BCUT2D eigenvalue weighted by molar-refractivity contribution is 5.77. The molecule has 0 aliphatic carbocycles. The topological polar surface area (TPSA) is 35.0 Å². The maximum absolute atomic E-state index is 5.64. The molecule has 0 bridgehead atoms. The van der Waals surface area contributed by atoms with Gasteiger partial charge in [0, 0.05) is 18.0 Å². The molecule has 0 unspecified atom stereocenters. The van der Waals surface area contributed by atoms with Crippen LogP contribution in [0.1, 0.15) is 11.1 Å². The lowest BCUT2D eigenvalue weighted by molar-refractivity contribution is 0.297. The van der Waals surface area contributed by atoms with Crippen LogP contribution in [0.2, 0.25) is 0 Å². The Morgan fingerprint density at radius 2 is 1.95 bits per heavy atom. The second-order valence-electron chi connectivity index (χ2n) is 4.80. The van der Waals surface area contributed by atoms with Gasteiger partial charge in [0.05, 0.1) is 12.1 Å². The van der Waals surface area contributed by atoms with Crippen LogP contribution in [-0.4, -0.2) is 16.6 Å². The molecule has 2 aromatic carbocycles. The van der Waals surface area contributed by atoms with Crippen LogP contribution in [0.3, 0.4) is 0 Å². The van der Waals surface area contributed by atoms with Crippen molar-refractivity contribution in [2.45, 2.75) is 13.3 Å². The van der Waals surface area contributed by atoms with Crippen LogP contribution in [0.25, 0.3) is 10.9 Å². The quantitative estimate of drug-likeness (QED) is 0.722. The molecule has 3 rings (SSSR count). The van der Waals surface area contributed by atoms with Crippen LogP contribution in [0.15, 0.2) is 54.7 Å². The molecule has 0 atom stereocenters. The van der Waals surface area contributed by atoms with Crippen LogP contribution < -0.4 is 4.74 Å². The lowest BCUT2D eigenvalue weighted by Gasteiger charge is -2.06. The summed E-state index contributed by atoms with van der Waals surface area (Å²) in [7, 11) is 0. The first kappa shape index (κ1) is 12.6. The molecule has 100 valence electrons. The van der Waals surface area contributed by atoms with Crippen molar-refractivity contribution >= 4 is 10.9 Å². The highest BCUT2D eigenvalue weighted by Gasteiger charge is 2.01. The molecule has 3 aromatic rings. The minimum absolute atomic E-state index is 0.441. The third-order valence-corrected chi connectivity index (χ3v) is 3.17. The average Bonchev–Trinajstić information content (AvgIpc) is 2.47. The van der Waals surface area contributed by atoms with Gasteiger partial charge in [-0.1, -0.05) is 48.0 Å². The molecule has 1 aromatic heterocycles. The van der Waals surface area contributed by atoms with Crippen LogP contribution >= 0.6 is 0 Å². The zero-order chi connectivity index (χ0) is 13.8. The van der Waals surface area contributed by atoms with E-state index in [1.165, 1.54) is 11.1 Å². The smallest absolute Gasteiger partial charge is 0.316 e. The summed E-state index contributed by atoms with van der Waals surface area (Å²) in [6.45, 7) is 2.68. The standard InChI is InChI=1S/C17H16N2O/c1-13-5-4-6-14(11-13)9-10-20-17-18-12-15-7-2-3-8-16(15)19-17/h2-8,11-12H,9-10H2,1H3. The molecule has 0 aliphatic heterocycles. The van der Waals surface area contributed by atoms with Gasteiger partial charge in [0.25, 0.3) is 0 Å². The fourth-order valence-electron chi connectivity index (χ4n) is 2.15. The fourth-order valence-corrected chi connectivity index (χ4v) is 2.15. The van der Waals surface area contributed by atoms with E-state index in [9.17, 15) is 0 Å². The summed E-state index contributed by atoms with van der Waals surface area (Å²) in [5.41, 5.74) is 3.45. The number of aromatic nitrogens is 2. The Morgan fingerprint density at radius 3 is 2.85 bits per heavy atom. The van der Waals surface area contributed by atoms with E-state index in [1.54, 1.807) is 6.20 Å². The molecule has 0 radical (unpaired) electrons. The van der Waals surface area contributed by atoms with Crippen molar-refractivity contribution in [1.29, 1.82) is 0 Å². The van der Waals surface area contributed by atoms with Crippen molar-refractivity contribution in [3.63, 3.8) is 0 Å². The van der Waals surface area contributed by atoms with E-state index in [1.807, 2.05) is 24.3 Å². The first-order valence-electron chi connectivity index (χ1n) is 6.71. The van der Waals surface area contributed by atoms with Gasteiger partial charge in [-0.05, 0) is 18.6 Å². The Balaban J connectivity index is 1.65. The summed E-state index contributed by atoms with van der Waals surface area (Å²) in [5, 5.41) is 1.03. The first-order chi connectivity index (χ1) is 9.81. The number of rotatable bonds is 4. The number of benzene rings is 2. The lowest BCUT2D eigenvalue weighted by atomic mass is 10.1. The van der Waals surface area contributed by atoms with Crippen molar-refractivity contribution in [3.05, 3.63) is 65.9 Å². The zero-order valence-corrected chi connectivity index (χ0v) is 11.4. The predicted molar refractivity (Wildman–Crippen MR) is 79.9 cm³/mol. The third-order valence-electron chi connectivity index (χ3n) is 3.17. The molecule has 3 nitrogen and oxygen atoms in total. The molecule has 0 saturated heterocycles. The monoisotopic (exact) mass is 264 g/mol. The molecule has 0 fully saturated rings. The van der Waals surface area contributed by atoms with E-state index in [0.717, 1.165) is 17.3 Å². The molecule has 0 amide bonds. The van der Waals surface area contributed by atoms with E-state index in [-0.39, 0.29) is 0 Å². The van der Waals surface area contributed by atoms with Crippen molar-refractivity contribution in [3.8, 4) is 6.01 Å². The summed E-state index contributed by atoms with van der Waals surface area (Å²) in [6.07, 6.45) is 2.65. The van der Waals surface area contributed by atoms with Gasteiger partial charge >= 0.3 is 6.01 Å². The van der Waals surface area contributed by atoms with E-state index < -0.39 is 0 Å². The van der Waals surface area contributed by atoms with E-state index >= 15 is 0 Å². The maximum Gasteiger partial charge on any atom is 0.316 e. The van der Waals surface area contributed by atoms with Gasteiger partial charge in [-0.25, -0.2) is 4.98 Å². The molecule has 1 heterocycles. The van der Waals surface area contributed by atoms with E-state index in [4.69, 9.17) is 4.74 Å². The summed E-state index contributed by atoms with van der Waals surface area (Å²) in [4.78, 5) is 8.61. The summed E-state index contributed by atoms with van der Waals surface area (Å²) in [5.74, 6) is 0. The van der Waals surface area contributed by atoms with Gasteiger partial charge in [-0.3, -0.25) is 0 Å². The molecule has 0 spiro atoms. The van der Waals surface area contributed by atoms with Gasteiger partial charge in [0.2, 0.25) is 0 Å². The van der Waals surface area contributed by atoms with Crippen molar-refractivity contribution in [2.75, 3.05) is 6.61 Å². The van der Waals surface area contributed by atoms with Gasteiger partial charge in [0.15, 0.2) is 0 Å². The Hall–Kier alpha value is -2.42. The molecule has 0 aliphatic rings. The van der Waals surface area contributed by atoms with Crippen LogP contribution in [0, 0.1) is 6.92 Å². The van der Waals surface area contributed by atoms with Crippen LogP contribution in [0.4, 0.5) is 0 Å². The normalized spacial score (nSPS) is 10.7. The molecule has 0 saturated carbocycles. The van der Waals surface area contributed by atoms with Gasteiger partial charge in [-0.15, -0.1) is 0 Å². The Labute approximate surface area is 118 Å². The summed E-state index contributed by atoms with van der Waals surface area (Å²) in [6, 6.07) is 16.8. The largest absolute Gasteiger partial charge is 0.463 e. The number of aryl methyl sites for hydroxylation is 1. The Kier molecular flexibility index (Phi) is 3.59. The summed E-state index contributed by atoms with van der Waals surface area (Å²) < 4.78 is 5.64. The molecular weight excluding hydrogens is 248 g/mol. The SMILES string of the molecule is Cc1cccc(CCOc2ncc3ccccc3n2)c1. The summed E-state index contributed by atoms with van der Waals surface area (Å²) >= 11 is 0. The van der Waals surface area contributed by atoms with Gasteiger partial charge in [-0.2, -0.15) is 4.98 Å². The van der Waals surface area contributed by atoms with Crippen molar-refractivity contribution < 1.29 is 4.74 Å². The number of nitrogens with zero attached hydrogens (tertiary/aromatic N) is 2. The number of ether oxygens (including phenoxy) is 1. The second kappa shape index (κ2) is 5.70. The molecule has 20 heavy (non-hydrogen) atoms. The number of hydrogen-bond donors (Lipinski definition) is 0. The molecule has 3 heteroatoms. The number of para-hydroxylation sites is 1. The first-order valence-corrected chi connectivity index (χ1v) is 6.71. The van der Waals surface area contributed by atoms with Gasteiger partial charge < -0.3 is 4.74 Å². The number of hydrogen-bond acceptors (Lipinski definition) is 3. The Bertz CT molecular complexity index is 725. The minimum Gasteiger partial charge on any atom is -0.463 e. The third kappa shape index (κ3) is 2.94. The Morgan fingerprint density at radius 1 is 1.05 bits per heavy atom. The second-order valence-corrected chi connectivity index (χ2v) is 4.80.